The van der Waals surface area contributed by atoms with E-state index in [1.54, 1.807) is 11.3 Å². The summed E-state index contributed by atoms with van der Waals surface area (Å²) >= 11 is 1.56. The summed E-state index contributed by atoms with van der Waals surface area (Å²) in [6.07, 6.45) is 2.56. The van der Waals surface area contributed by atoms with E-state index in [0.717, 1.165) is 41.8 Å². The van der Waals surface area contributed by atoms with Crippen molar-refractivity contribution < 1.29 is 14.0 Å². The maximum absolute atomic E-state index is 13.1. The second-order valence-electron chi connectivity index (χ2n) is 9.03. The van der Waals surface area contributed by atoms with E-state index in [0.29, 0.717) is 31.1 Å². The van der Waals surface area contributed by atoms with Crippen LogP contribution in [0.5, 0.6) is 0 Å². The van der Waals surface area contributed by atoms with E-state index < -0.39 is 0 Å². The van der Waals surface area contributed by atoms with E-state index in [1.807, 2.05) is 51.6 Å². The molecule has 6 nitrogen and oxygen atoms in total. The molecule has 2 aliphatic heterocycles. The number of amides is 2. The van der Waals surface area contributed by atoms with Gasteiger partial charge in [-0.1, -0.05) is 42.5 Å². The van der Waals surface area contributed by atoms with Gasteiger partial charge in [-0.15, -0.1) is 11.3 Å². The minimum Gasteiger partial charge on any atom is -0.451 e. The van der Waals surface area contributed by atoms with Gasteiger partial charge in [-0.3, -0.25) is 9.59 Å². The lowest BCUT2D eigenvalue weighted by molar-refractivity contribution is 0.0683. The molecule has 0 radical (unpaired) electrons. The number of benzene rings is 2. The number of furan rings is 1. The van der Waals surface area contributed by atoms with Crippen molar-refractivity contribution in [1.82, 2.24) is 14.8 Å². The highest BCUT2D eigenvalue weighted by Crippen LogP contribution is 2.32. The van der Waals surface area contributed by atoms with Gasteiger partial charge in [0, 0.05) is 42.9 Å². The Morgan fingerprint density at radius 2 is 1.68 bits per heavy atom. The molecule has 0 N–H and O–H groups in total. The number of hydrogen-bond donors (Lipinski definition) is 0. The van der Waals surface area contributed by atoms with Crippen LogP contribution in [0.1, 0.15) is 55.9 Å². The van der Waals surface area contributed by atoms with E-state index in [1.165, 1.54) is 11.1 Å². The van der Waals surface area contributed by atoms with Crippen molar-refractivity contribution in [3.8, 4) is 0 Å². The number of carbonyl (C=O) groups is 2. The van der Waals surface area contributed by atoms with Crippen molar-refractivity contribution in [2.75, 3.05) is 19.6 Å². The summed E-state index contributed by atoms with van der Waals surface area (Å²) < 4.78 is 5.76. The summed E-state index contributed by atoms with van der Waals surface area (Å²) in [6, 6.07) is 17.8. The molecule has 34 heavy (non-hydrogen) atoms. The minimum absolute atomic E-state index is 0.00880. The topological polar surface area (TPSA) is 66.7 Å². The molecule has 2 aliphatic rings. The lowest BCUT2D eigenvalue weighted by Crippen LogP contribution is -2.38. The molecule has 0 unspecified atom stereocenters. The highest BCUT2D eigenvalue weighted by Gasteiger charge is 2.29. The smallest absolute Gasteiger partial charge is 0.289 e. The van der Waals surface area contributed by atoms with E-state index in [2.05, 4.69) is 18.2 Å². The van der Waals surface area contributed by atoms with Crippen LogP contribution in [0.4, 0.5) is 0 Å². The van der Waals surface area contributed by atoms with E-state index >= 15 is 0 Å². The van der Waals surface area contributed by atoms with Crippen LogP contribution >= 0.6 is 11.3 Å². The summed E-state index contributed by atoms with van der Waals surface area (Å²) in [5.41, 5.74) is 3.83. The molecule has 0 saturated carbocycles. The molecule has 1 saturated heterocycles. The molecule has 0 bridgehead atoms. The van der Waals surface area contributed by atoms with Gasteiger partial charge in [-0.2, -0.15) is 0 Å². The number of piperidine rings is 1. The highest BCUT2D eigenvalue weighted by atomic mass is 32.1. The molecule has 2 amide bonds. The van der Waals surface area contributed by atoms with Crippen LogP contribution in [0, 0.1) is 0 Å². The fraction of sp³-hybridized carbons (Fsp3) is 0.296. The summed E-state index contributed by atoms with van der Waals surface area (Å²) in [4.78, 5) is 34.5. The van der Waals surface area contributed by atoms with E-state index in [4.69, 9.17) is 9.40 Å². The Morgan fingerprint density at radius 1 is 0.912 bits per heavy atom. The molecule has 6 rings (SSSR count). The number of para-hydroxylation sites is 1. The van der Waals surface area contributed by atoms with Crippen molar-refractivity contribution in [3.63, 3.8) is 0 Å². The lowest BCUT2D eigenvalue weighted by atomic mass is 9.97. The van der Waals surface area contributed by atoms with Crippen molar-refractivity contribution in [1.29, 1.82) is 0 Å². The Balaban J connectivity index is 1.09. The maximum atomic E-state index is 13.1. The second kappa shape index (κ2) is 8.72. The predicted molar refractivity (Wildman–Crippen MR) is 131 cm³/mol. The lowest BCUT2D eigenvalue weighted by Gasteiger charge is -2.30. The number of thiazole rings is 1. The molecule has 0 aliphatic carbocycles. The predicted octanol–water partition coefficient (Wildman–Crippen LogP) is 5.11. The van der Waals surface area contributed by atoms with Crippen LogP contribution in [0.2, 0.25) is 0 Å². The van der Waals surface area contributed by atoms with Crippen molar-refractivity contribution in [3.05, 3.63) is 87.6 Å². The SMILES string of the molecule is O=C(c1csc(C2CCN(C(=O)c3cc4ccccc4o3)CC2)n1)N1CCc2ccccc2C1. The number of carbonyl (C=O) groups excluding carboxylic acids is 2. The van der Waals surface area contributed by atoms with Gasteiger partial charge in [0.2, 0.25) is 0 Å². The minimum atomic E-state index is -0.0602. The number of hydrogen-bond acceptors (Lipinski definition) is 5. The Labute approximate surface area is 201 Å². The van der Waals surface area contributed by atoms with Gasteiger partial charge in [0.05, 0.1) is 5.01 Å². The summed E-state index contributed by atoms with van der Waals surface area (Å²) in [5.74, 6) is 0.614. The van der Waals surface area contributed by atoms with Gasteiger partial charge in [0.1, 0.15) is 11.3 Å². The van der Waals surface area contributed by atoms with Gasteiger partial charge in [0.15, 0.2) is 5.76 Å². The average Bonchev–Trinajstić information content (AvgIpc) is 3.55. The molecule has 1 fully saturated rings. The average molecular weight is 472 g/mol. The molecule has 0 spiro atoms. The van der Waals surface area contributed by atoms with E-state index in [-0.39, 0.29) is 17.7 Å². The third kappa shape index (κ3) is 3.90. The number of fused-ring (bicyclic) bond motifs is 2. The third-order valence-electron chi connectivity index (χ3n) is 6.93. The monoisotopic (exact) mass is 471 g/mol. The van der Waals surface area contributed by atoms with Crippen LogP contribution < -0.4 is 0 Å². The largest absolute Gasteiger partial charge is 0.451 e. The van der Waals surface area contributed by atoms with Gasteiger partial charge in [-0.25, -0.2) is 4.98 Å². The number of nitrogens with zero attached hydrogens (tertiary/aromatic N) is 3. The van der Waals surface area contributed by atoms with E-state index in [9.17, 15) is 9.59 Å². The Kier molecular flexibility index (Phi) is 5.41. The van der Waals surface area contributed by atoms with Crippen LogP contribution in [0.15, 0.2) is 64.4 Å². The standard InChI is InChI=1S/C27H25N3O3S/c31-26(30-14-9-18-5-1-2-7-21(18)16-30)22-17-34-25(28-22)19-10-12-29(13-11-19)27(32)24-15-20-6-3-4-8-23(20)33-24/h1-8,15,17,19H,9-14,16H2. The van der Waals surface area contributed by atoms with Crippen LogP contribution in [0.25, 0.3) is 11.0 Å². The molecule has 2 aromatic carbocycles. The first-order valence-corrected chi connectivity index (χ1v) is 12.6. The molecule has 4 aromatic rings. The first kappa shape index (κ1) is 21.1. The van der Waals surface area contributed by atoms with Crippen molar-refractivity contribution in [2.45, 2.75) is 31.7 Å². The first-order valence-electron chi connectivity index (χ1n) is 11.7. The normalized spacial score (nSPS) is 16.6. The Bertz CT molecular complexity index is 1330. The summed E-state index contributed by atoms with van der Waals surface area (Å²) in [7, 11) is 0. The molecule has 172 valence electrons. The number of rotatable bonds is 3. The fourth-order valence-corrected chi connectivity index (χ4v) is 5.94. The zero-order valence-electron chi connectivity index (χ0n) is 18.8. The zero-order chi connectivity index (χ0) is 23.1. The van der Waals surface area contributed by atoms with Gasteiger partial charge >= 0.3 is 0 Å². The number of likely N-dealkylation sites (tertiary alicyclic amines) is 1. The molecule has 7 heteroatoms. The first-order chi connectivity index (χ1) is 16.7. The Morgan fingerprint density at radius 3 is 2.50 bits per heavy atom. The third-order valence-corrected chi connectivity index (χ3v) is 7.93. The van der Waals surface area contributed by atoms with Crippen LogP contribution in [0.3, 0.4) is 0 Å². The number of aromatic nitrogens is 1. The maximum Gasteiger partial charge on any atom is 0.289 e. The molecule has 4 heterocycles. The van der Waals surface area contributed by atoms with Gasteiger partial charge < -0.3 is 14.2 Å². The second-order valence-corrected chi connectivity index (χ2v) is 9.92. The molecule has 0 atom stereocenters. The van der Waals surface area contributed by atoms with Crippen molar-refractivity contribution in [2.24, 2.45) is 0 Å². The van der Waals surface area contributed by atoms with Gasteiger partial charge in [0.25, 0.3) is 11.8 Å². The van der Waals surface area contributed by atoms with Crippen LogP contribution in [-0.4, -0.2) is 46.2 Å². The van der Waals surface area contributed by atoms with Crippen molar-refractivity contribution >= 4 is 34.1 Å². The highest BCUT2D eigenvalue weighted by molar-refractivity contribution is 7.09. The molecule has 2 aromatic heterocycles. The zero-order valence-corrected chi connectivity index (χ0v) is 19.6. The Hall–Kier alpha value is -3.45. The van der Waals surface area contributed by atoms with Gasteiger partial charge in [-0.05, 0) is 42.5 Å². The summed E-state index contributed by atoms with van der Waals surface area (Å²) in [5, 5.41) is 3.83. The molecular formula is C27H25N3O3S. The fourth-order valence-electron chi connectivity index (χ4n) is 4.98. The quantitative estimate of drug-likeness (QED) is 0.417. The summed E-state index contributed by atoms with van der Waals surface area (Å²) in [6.45, 7) is 2.69. The van der Waals surface area contributed by atoms with Crippen LogP contribution in [-0.2, 0) is 13.0 Å². The molecular weight excluding hydrogens is 446 g/mol.